The van der Waals surface area contributed by atoms with Crippen LogP contribution in [0.25, 0.3) is 78.4 Å². The second-order valence-corrected chi connectivity index (χ2v) is 11.9. The minimum Gasteiger partial charge on any atom is -0.228 e. The maximum Gasteiger partial charge on any atom is 0.160 e. The Kier molecular flexibility index (Phi) is 7.96. The van der Waals surface area contributed by atoms with Crippen molar-refractivity contribution in [3.8, 4) is 78.4 Å². The zero-order valence-electron chi connectivity index (χ0n) is 26.4. The van der Waals surface area contributed by atoms with Gasteiger partial charge in [-0.25, -0.2) is 9.97 Å². The Hall–Kier alpha value is -6.38. The highest BCUT2D eigenvalue weighted by Gasteiger charge is 2.14. The maximum atomic E-state index is 5.17. The maximum absolute atomic E-state index is 5.17. The fraction of sp³-hybridized carbons (Fsp3) is 0. The molecule has 0 radical (unpaired) electrons. The van der Waals surface area contributed by atoms with E-state index in [4.69, 9.17) is 9.97 Å². The van der Waals surface area contributed by atoms with E-state index < -0.39 is 0 Å². The lowest BCUT2D eigenvalue weighted by Crippen LogP contribution is -1.96. The molecule has 2 nitrogen and oxygen atoms in total. The molecule has 7 aromatic carbocycles. The molecule has 1 heterocycles. The SMILES string of the molecule is c1ccc(-c2ccc(-c3cc(-c4ccc(-c5ccccc5)cc4)cc(-c4cc(-c5ccccc5)nc(-c5ccccc5)n4)c3)cc2)cc1. The zero-order chi connectivity index (χ0) is 32.1. The van der Waals surface area contributed by atoms with Crippen LogP contribution < -0.4 is 0 Å². The van der Waals surface area contributed by atoms with Gasteiger partial charge in [-0.1, -0.05) is 170 Å². The van der Waals surface area contributed by atoms with Gasteiger partial charge in [-0.05, 0) is 68.8 Å². The van der Waals surface area contributed by atoms with Gasteiger partial charge in [-0.3, -0.25) is 0 Å². The Morgan fingerprint density at radius 1 is 0.208 bits per heavy atom. The summed E-state index contributed by atoms with van der Waals surface area (Å²) in [6.45, 7) is 0. The smallest absolute Gasteiger partial charge is 0.160 e. The lowest BCUT2D eigenvalue weighted by molar-refractivity contribution is 1.18. The summed E-state index contributed by atoms with van der Waals surface area (Å²) >= 11 is 0. The Bertz CT molecular complexity index is 2120. The molecule has 48 heavy (non-hydrogen) atoms. The quantitative estimate of drug-likeness (QED) is 0.179. The molecule has 226 valence electrons. The highest BCUT2D eigenvalue weighted by molar-refractivity contribution is 5.83. The zero-order valence-corrected chi connectivity index (χ0v) is 26.4. The van der Waals surface area contributed by atoms with Gasteiger partial charge in [0.2, 0.25) is 0 Å². The Balaban J connectivity index is 1.28. The molecule has 8 aromatic rings. The van der Waals surface area contributed by atoms with E-state index in [2.05, 4.69) is 170 Å². The molecular formula is C46H32N2. The van der Waals surface area contributed by atoms with Gasteiger partial charge in [0.25, 0.3) is 0 Å². The lowest BCUT2D eigenvalue weighted by atomic mass is 9.93. The molecule has 0 spiro atoms. The van der Waals surface area contributed by atoms with Gasteiger partial charge in [-0.15, -0.1) is 0 Å². The molecule has 1 aromatic heterocycles. The highest BCUT2D eigenvalue weighted by Crippen LogP contribution is 2.36. The second kappa shape index (κ2) is 13.2. The van der Waals surface area contributed by atoms with Crippen LogP contribution in [-0.2, 0) is 0 Å². The van der Waals surface area contributed by atoms with Gasteiger partial charge in [0, 0.05) is 16.7 Å². The third-order valence-electron chi connectivity index (χ3n) is 8.71. The molecule has 0 saturated carbocycles. The molecule has 0 bridgehead atoms. The van der Waals surface area contributed by atoms with Crippen LogP contribution in [0.5, 0.6) is 0 Å². The summed E-state index contributed by atoms with van der Waals surface area (Å²) in [7, 11) is 0. The Labute approximate surface area is 281 Å². The monoisotopic (exact) mass is 612 g/mol. The number of hydrogen-bond acceptors (Lipinski definition) is 2. The molecule has 0 amide bonds. The minimum atomic E-state index is 0.707. The van der Waals surface area contributed by atoms with E-state index in [1.165, 1.54) is 22.3 Å². The normalized spacial score (nSPS) is 10.9. The van der Waals surface area contributed by atoms with Gasteiger partial charge in [0.1, 0.15) is 0 Å². The number of nitrogens with zero attached hydrogens (tertiary/aromatic N) is 2. The van der Waals surface area contributed by atoms with E-state index in [0.717, 1.165) is 50.3 Å². The summed E-state index contributed by atoms with van der Waals surface area (Å²) in [5.41, 5.74) is 14.2. The first-order chi connectivity index (χ1) is 23.8. The van der Waals surface area contributed by atoms with E-state index in [-0.39, 0.29) is 0 Å². The van der Waals surface area contributed by atoms with Crippen LogP contribution in [0.3, 0.4) is 0 Å². The third kappa shape index (κ3) is 6.20. The molecular weight excluding hydrogens is 581 g/mol. The van der Waals surface area contributed by atoms with Crippen LogP contribution in [0.4, 0.5) is 0 Å². The van der Waals surface area contributed by atoms with E-state index in [9.17, 15) is 0 Å². The highest BCUT2D eigenvalue weighted by atomic mass is 14.9. The summed E-state index contributed by atoms with van der Waals surface area (Å²) in [6.07, 6.45) is 0. The van der Waals surface area contributed by atoms with Crippen molar-refractivity contribution in [2.75, 3.05) is 0 Å². The van der Waals surface area contributed by atoms with Crippen LogP contribution in [0, 0.1) is 0 Å². The fourth-order valence-electron chi connectivity index (χ4n) is 6.15. The summed E-state index contributed by atoms with van der Waals surface area (Å²) in [5.74, 6) is 0.707. The number of benzene rings is 7. The van der Waals surface area contributed by atoms with Crippen LogP contribution in [0.2, 0.25) is 0 Å². The topological polar surface area (TPSA) is 25.8 Å². The van der Waals surface area contributed by atoms with Gasteiger partial charge >= 0.3 is 0 Å². The molecule has 0 N–H and O–H groups in total. The van der Waals surface area contributed by atoms with E-state index >= 15 is 0 Å². The molecule has 0 atom stereocenters. The van der Waals surface area contributed by atoms with E-state index in [1.54, 1.807) is 0 Å². The van der Waals surface area contributed by atoms with E-state index in [1.807, 2.05) is 24.3 Å². The van der Waals surface area contributed by atoms with Gasteiger partial charge < -0.3 is 0 Å². The van der Waals surface area contributed by atoms with Crippen molar-refractivity contribution in [1.82, 2.24) is 9.97 Å². The molecule has 0 aliphatic rings. The molecule has 0 unspecified atom stereocenters. The Morgan fingerprint density at radius 2 is 0.500 bits per heavy atom. The van der Waals surface area contributed by atoms with Crippen molar-refractivity contribution in [2.45, 2.75) is 0 Å². The Morgan fingerprint density at radius 3 is 0.917 bits per heavy atom. The van der Waals surface area contributed by atoms with Crippen molar-refractivity contribution < 1.29 is 0 Å². The molecule has 0 aliphatic heterocycles. The van der Waals surface area contributed by atoms with Crippen molar-refractivity contribution in [2.24, 2.45) is 0 Å². The average Bonchev–Trinajstić information content (AvgIpc) is 3.19. The molecule has 0 saturated heterocycles. The predicted octanol–water partition coefficient (Wildman–Crippen LogP) is 12.1. The van der Waals surface area contributed by atoms with Crippen LogP contribution >= 0.6 is 0 Å². The van der Waals surface area contributed by atoms with Crippen LogP contribution in [0.1, 0.15) is 0 Å². The van der Waals surface area contributed by atoms with Gasteiger partial charge in [0.05, 0.1) is 11.4 Å². The van der Waals surface area contributed by atoms with Crippen molar-refractivity contribution in [3.05, 3.63) is 194 Å². The first kappa shape index (κ1) is 29.1. The van der Waals surface area contributed by atoms with Crippen LogP contribution in [0.15, 0.2) is 194 Å². The fourth-order valence-corrected chi connectivity index (χ4v) is 6.15. The average molecular weight is 613 g/mol. The van der Waals surface area contributed by atoms with Crippen molar-refractivity contribution in [3.63, 3.8) is 0 Å². The summed E-state index contributed by atoms with van der Waals surface area (Å²) in [6, 6.07) is 68.2. The largest absolute Gasteiger partial charge is 0.228 e. The second-order valence-electron chi connectivity index (χ2n) is 11.9. The lowest BCUT2D eigenvalue weighted by Gasteiger charge is -2.14. The van der Waals surface area contributed by atoms with E-state index in [0.29, 0.717) is 5.82 Å². The molecule has 0 fully saturated rings. The van der Waals surface area contributed by atoms with Crippen molar-refractivity contribution in [1.29, 1.82) is 0 Å². The van der Waals surface area contributed by atoms with Crippen LogP contribution in [-0.4, -0.2) is 9.97 Å². The molecule has 8 rings (SSSR count). The first-order valence-corrected chi connectivity index (χ1v) is 16.2. The number of hydrogen-bond donors (Lipinski definition) is 0. The number of rotatable bonds is 7. The predicted molar refractivity (Wildman–Crippen MR) is 200 cm³/mol. The standard InChI is InChI=1S/C46H32N2/c1-5-13-33(14-6-1)35-21-25-37(26-22-35)41-29-42(38-27-23-36(24-28-38)34-15-7-2-8-16-34)31-43(30-41)45-32-44(39-17-9-3-10-18-39)47-46(48-45)40-19-11-4-12-20-40/h1-32H. The first-order valence-electron chi connectivity index (χ1n) is 16.2. The minimum absolute atomic E-state index is 0.707. The third-order valence-corrected chi connectivity index (χ3v) is 8.71. The van der Waals surface area contributed by atoms with Gasteiger partial charge in [0.15, 0.2) is 5.82 Å². The summed E-state index contributed by atoms with van der Waals surface area (Å²) in [4.78, 5) is 10.2. The summed E-state index contributed by atoms with van der Waals surface area (Å²) in [5, 5.41) is 0. The van der Waals surface area contributed by atoms with Crippen molar-refractivity contribution >= 4 is 0 Å². The van der Waals surface area contributed by atoms with Gasteiger partial charge in [-0.2, -0.15) is 0 Å². The summed E-state index contributed by atoms with van der Waals surface area (Å²) < 4.78 is 0. The molecule has 2 heteroatoms. The molecule has 0 aliphatic carbocycles. The number of aromatic nitrogens is 2.